The van der Waals surface area contributed by atoms with Crippen LogP contribution in [0.4, 0.5) is 0 Å². The number of aromatic amines is 1. The zero-order valence-corrected chi connectivity index (χ0v) is 19.0. The van der Waals surface area contributed by atoms with Crippen molar-refractivity contribution >= 4 is 52.0 Å². The van der Waals surface area contributed by atoms with Gasteiger partial charge in [0, 0.05) is 10.9 Å². The van der Waals surface area contributed by atoms with Gasteiger partial charge in [0.2, 0.25) is 0 Å². The quantitative estimate of drug-likeness (QED) is 0.279. The Balaban J connectivity index is 1.66. The van der Waals surface area contributed by atoms with Crippen LogP contribution in [0.5, 0.6) is 0 Å². The van der Waals surface area contributed by atoms with Crippen LogP contribution in [0.2, 0.25) is 10.0 Å². The Morgan fingerprint density at radius 1 is 0.941 bits per heavy atom. The van der Waals surface area contributed by atoms with Crippen molar-refractivity contribution in [3.63, 3.8) is 0 Å². The summed E-state index contributed by atoms with van der Waals surface area (Å²) in [5, 5.41) is 14.6. The van der Waals surface area contributed by atoms with Crippen molar-refractivity contribution in [2.45, 2.75) is 6.04 Å². The predicted molar refractivity (Wildman–Crippen MR) is 131 cm³/mol. The number of rotatable bonds is 6. The predicted octanol–water partition coefficient (Wildman–Crippen LogP) is 3.85. The fraction of sp³-hybridized carbons (Fsp3) is 0.0417. The third kappa shape index (κ3) is 5.14. The first-order valence-corrected chi connectivity index (χ1v) is 10.8. The standard InChI is InChI=1S/C24H17Cl2N5O3/c25-18-11-10-14(12-19(18)26)13-27-30-24(34)21(28-22(32)15-6-2-1-3-7-15)20-16-8-4-5-9-17(16)23(33)31-29-20/h1-13,21H,(H,28,32)(H,30,34)(H,31,33). The van der Waals surface area contributed by atoms with Crippen molar-refractivity contribution in [3.8, 4) is 0 Å². The fourth-order valence-electron chi connectivity index (χ4n) is 3.25. The summed E-state index contributed by atoms with van der Waals surface area (Å²) in [6.45, 7) is 0. The number of aromatic nitrogens is 2. The smallest absolute Gasteiger partial charge is 0.272 e. The van der Waals surface area contributed by atoms with Crippen molar-refractivity contribution in [1.29, 1.82) is 0 Å². The van der Waals surface area contributed by atoms with Gasteiger partial charge in [-0.3, -0.25) is 14.4 Å². The van der Waals surface area contributed by atoms with Crippen LogP contribution < -0.4 is 16.3 Å². The molecule has 0 fully saturated rings. The number of nitrogens with zero attached hydrogens (tertiary/aromatic N) is 2. The van der Waals surface area contributed by atoms with Crippen LogP contribution >= 0.6 is 23.2 Å². The van der Waals surface area contributed by atoms with Gasteiger partial charge in [0.05, 0.1) is 21.6 Å². The first kappa shape index (κ1) is 23.2. The Bertz CT molecular complexity index is 1450. The molecule has 1 heterocycles. The molecule has 0 radical (unpaired) electrons. The summed E-state index contributed by atoms with van der Waals surface area (Å²) >= 11 is 11.9. The molecule has 0 saturated heterocycles. The highest BCUT2D eigenvalue weighted by atomic mass is 35.5. The van der Waals surface area contributed by atoms with Gasteiger partial charge in [-0.25, -0.2) is 10.5 Å². The zero-order chi connectivity index (χ0) is 24.1. The van der Waals surface area contributed by atoms with Gasteiger partial charge in [0.25, 0.3) is 17.4 Å². The van der Waals surface area contributed by atoms with E-state index in [1.165, 1.54) is 6.21 Å². The normalized spacial score (nSPS) is 11.9. The van der Waals surface area contributed by atoms with E-state index in [1.54, 1.807) is 72.8 Å². The minimum atomic E-state index is -1.25. The molecule has 4 rings (SSSR count). The third-order valence-electron chi connectivity index (χ3n) is 4.90. The van der Waals surface area contributed by atoms with Gasteiger partial charge < -0.3 is 5.32 Å². The average molecular weight is 494 g/mol. The molecule has 170 valence electrons. The van der Waals surface area contributed by atoms with E-state index in [2.05, 4.69) is 26.0 Å². The summed E-state index contributed by atoms with van der Waals surface area (Å²) in [6.07, 6.45) is 1.38. The second kappa shape index (κ2) is 10.3. The second-order valence-electron chi connectivity index (χ2n) is 7.16. The minimum Gasteiger partial charge on any atom is -0.335 e. The fourth-order valence-corrected chi connectivity index (χ4v) is 3.55. The lowest BCUT2D eigenvalue weighted by Crippen LogP contribution is -2.40. The first-order valence-electron chi connectivity index (χ1n) is 10.1. The van der Waals surface area contributed by atoms with Gasteiger partial charge in [-0.05, 0) is 35.9 Å². The van der Waals surface area contributed by atoms with Gasteiger partial charge in [-0.2, -0.15) is 10.2 Å². The second-order valence-corrected chi connectivity index (χ2v) is 7.98. The number of amides is 2. The van der Waals surface area contributed by atoms with E-state index in [0.29, 0.717) is 31.9 Å². The SMILES string of the molecule is O=C(NC(C(=O)NN=Cc1ccc(Cl)c(Cl)c1)c1n[nH]c(=O)c2ccccc12)c1ccccc1. The monoisotopic (exact) mass is 493 g/mol. The highest BCUT2D eigenvalue weighted by Crippen LogP contribution is 2.22. The maximum Gasteiger partial charge on any atom is 0.272 e. The number of halogens is 2. The Kier molecular flexibility index (Phi) is 7.01. The molecule has 0 aliphatic rings. The van der Waals surface area contributed by atoms with Crippen molar-refractivity contribution in [2.24, 2.45) is 5.10 Å². The van der Waals surface area contributed by atoms with Gasteiger partial charge in [0.1, 0.15) is 5.69 Å². The molecule has 1 aromatic heterocycles. The molecule has 1 atom stereocenters. The highest BCUT2D eigenvalue weighted by molar-refractivity contribution is 6.42. The third-order valence-corrected chi connectivity index (χ3v) is 5.64. The molecule has 0 saturated carbocycles. The summed E-state index contributed by atoms with van der Waals surface area (Å²) in [5.41, 5.74) is 3.12. The van der Waals surface area contributed by atoms with E-state index >= 15 is 0 Å². The number of hydrogen-bond donors (Lipinski definition) is 3. The van der Waals surface area contributed by atoms with Crippen LogP contribution in [0.3, 0.4) is 0 Å². The lowest BCUT2D eigenvalue weighted by Gasteiger charge is -2.18. The number of benzene rings is 3. The number of hydrazone groups is 1. The largest absolute Gasteiger partial charge is 0.335 e. The van der Waals surface area contributed by atoms with E-state index in [-0.39, 0.29) is 5.69 Å². The van der Waals surface area contributed by atoms with E-state index in [1.807, 2.05) is 0 Å². The van der Waals surface area contributed by atoms with Crippen molar-refractivity contribution in [3.05, 3.63) is 110 Å². The molecule has 0 bridgehead atoms. The minimum absolute atomic E-state index is 0.168. The molecule has 3 N–H and O–H groups in total. The van der Waals surface area contributed by atoms with Crippen molar-refractivity contribution in [1.82, 2.24) is 20.9 Å². The molecule has 0 aliphatic carbocycles. The van der Waals surface area contributed by atoms with Gasteiger partial charge in [0.15, 0.2) is 6.04 Å². The van der Waals surface area contributed by atoms with Crippen LogP contribution in [-0.4, -0.2) is 28.2 Å². The van der Waals surface area contributed by atoms with Gasteiger partial charge in [-0.15, -0.1) is 0 Å². The van der Waals surface area contributed by atoms with E-state index in [9.17, 15) is 14.4 Å². The highest BCUT2D eigenvalue weighted by Gasteiger charge is 2.27. The molecule has 3 aromatic carbocycles. The Morgan fingerprint density at radius 3 is 2.38 bits per heavy atom. The molecule has 1 unspecified atom stereocenters. The number of H-pyrrole nitrogens is 1. The summed E-state index contributed by atoms with van der Waals surface area (Å²) in [4.78, 5) is 38.2. The lowest BCUT2D eigenvalue weighted by atomic mass is 10.0. The number of nitrogens with one attached hydrogen (secondary N) is 3. The topological polar surface area (TPSA) is 116 Å². The molecular weight excluding hydrogens is 477 g/mol. The van der Waals surface area contributed by atoms with Crippen LogP contribution in [0.15, 0.2) is 82.7 Å². The maximum atomic E-state index is 13.1. The van der Waals surface area contributed by atoms with Crippen LogP contribution in [0, 0.1) is 0 Å². The Morgan fingerprint density at radius 2 is 1.65 bits per heavy atom. The maximum absolute atomic E-state index is 13.1. The van der Waals surface area contributed by atoms with Crippen molar-refractivity contribution < 1.29 is 9.59 Å². The van der Waals surface area contributed by atoms with E-state index in [4.69, 9.17) is 23.2 Å². The Hall–Kier alpha value is -4.01. The molecule has 8 nitrogen and oxygen atoms in total. The molecule has 2 amide bonds. The van der Waals surface area contributed by atoms with E-state index < -0.39 is 23.4 Å². The van der Waals surface area contributed by atoms with Gasteiger partial charge in [-0.1, -0.05) is 65.7 Å². The first-order chi connectivity index (χ1) is 16.4. The Labute approximate surface area is 203 Å². The number of hydrogen-bond acceptors (Lipinski definition) is 5. The molecule has 0 aliphatic heterocycles. The summed E-state index contributed by atoms with van der Waals surface area (Å²) in [7, 11) is 0. The number of carbonyl (C=O) groups is 2. The molecule has 4 aromatic rings. The molecule has 34 heavy (non-hydrogen) atoms. The molecular formula is C24H17Cl2N5O3. The van der Waals surface area contributed by atoms with E-state index in [0.717, 1.165) is 0 Å². The average Bonchev–Trinajstić information content (AvgIpc) is 2.86. The zero-order valence-electron chi connectivity index (χ0n) is 17.5. The molecule has 10 heteroatoms. The lowest BCUT2D eigenvalue weighted by molar-refractivity contribution is -0.123. The number of carbonyl (C=O) groups excluding carboxylic acids is 2. The van der Waals surface area contributed by atoms with Gasteiger partial charge >= 0.3 is 0 Å². The molecule has 0 spiro atoms. The summed E-state index contributed by atoms with van der Waals surface area (Å²) in [6, 6.07) is 18.7. The number of fused-ring (bicyclic) bond motifs is 1. The van der Waals surface area contributed by atoms with Crippen molar-refractivity contribution in [2.75, 3.05) is 0 Å². The summed E-state index contributed by atoms with van der Waals surface area (Å²) < 4.78 is 0. The summed E-state index contributed by atoms with van der Waals surface area (Å²) in [5.74, 6) is -1.16. The van der Waals surface area contributed by atoms with Crippen LogP contribution in [0.1, 0.15) is 27.7 Å². The van der Waals surface area contributed by atoms with Crippen LogP contribution in [-0.2, 0) is 4.79 Å². The van der Waals surface area contributed by atoms with Crippen LogP contribution in [0.25, 0.3) is 10.8 Å².